The second kappa shape index (κ2) is 6.43. The smallest absolute Gasteiger partial charge is 0.310 e. The fourth-order valence-electron chi connectivity index (χ4n) is 3.31. The van der Waals surface area contributed by atoms with Crippen LogP contribution >= 0.6 is 0 Å². The van der Waals surface area contributed by atoms with Crippen LogP contribution in [0.5, 0.6) is 0 Å². The minimum Gasteiger partial charge on any atom is -0.452 e. The van der Waals surface area contributed by atoms with Gasteiger partial charge in [-0.25, -0.2) is 0 Å². The summed E-state index contributed by atoms with van der Waals surface area (Å²) >= 11 is 0. The third-order valence-electron chi connectivity index (χ3n) is 4.57. The van der Waals surface area contributed by atoms with Crippen molar-refractivity contribution in [3.63, 3.8) is 0 Å². The predicted octanol–water partition coefficient (Wildman–Crippen LogP) is 2.68. The first-order valence-electron chi connectivity index (χ1n) is 7.88. The number of ether oxygens (including phenoxy) is 1. The number of nitro benzene ring substituents is 1. The van der Waals surface area contributed by atoms with Gasteiger partial charge in [0.1, 0.15) is 0 Å². The average molecular weight is 330 g/mol. The number of nitro groups is 1. The molecular formula is C17H18N2O5. The van der Waals surface area contributed by atoms with E-state index >= 15 is 0 Å². The van der Waals surface area contributed by atoms with Crippen molar-refractivity contribution < 1.29 is 19.2 Å². The number of nitrogens with zero attached hydrogens (tertiary/aromatic N) is 1. The Labute approximate surface area is 138 Å². The molecule has 0 spiro atoms. The second-order valence-corrected chi connectivity index (χ2v) is 6.26. The highest BCUT2D eigenvalue weighted by molar-refractivity contribution is 5.95. The Kier molecular flexibility index (Phi) is 4.33. The number of esters is 1. The van der Waals surface area contributed by atoms with Crippen molar-refractivity contribution in [2.24, 2.45) is 17.8 Å². The third kappa shape index (κ3) is 3.29. The molecule has 1 saturated carbocycles. The Morgan fingerprint density at radius 3 is 2.75 bits per heavy atom. The van der Waals surface area contributed by atoms with E-state index in [0.717, 1.165) is 12.8 Å². The average Bonchev–Trinajstić information content (AvgIpc) is 3.18. The Bertz CT molecular complexity index is 715. The van der Waals surface area contributed by atoms with E-state index in [1.807, 2.05) is 6.08 Å². The summed E-state index contributed by atoms with van der Waals surface area (Å²) in [5.41, 5.74) is 0.172. The van der Waals surface area contributed by atoms with Crippen LogP contribution in [0.3, 0.4) is 0 Å². The first kappa shape index (κ1) is 16.2. The van der Waals surface area contributed by atoms with E-state index in [4.69, 9.17) is 4.74 Å². The molecule has 4 atom stereocenters. The monoisotopic (exact) mass is 330 g/mol. The first-order chi connectivity index (χ1) is 11.4. The number of carbonyl (C=O) groups excluding carboxylic acids is 2. The zero-order chi connectivity index (χ0) is 17.3. The van der Waals surface area contributed by atoms with Gasteiger partial charge in [-0.05, 0) is 37.7 Å². The lowest BCUT2D eigenvalue weighted by Crippen LogP contribution is -2.33. The summed E-state index contributed by atoms with van der Waals surface area (Å²) < 4.78 is 5.28. The van der Waals surface area contributed by atoms with Crippen molar-refractivity contribution in [3.05, 3.63) is 46.5 Å². The molecule has 7 nitrogen and oxygen atoms in total. The van der Waals surface area contributed by atoms with Gasteiger partial charge in [-0.1, -0.05) is 18.2 Å². The van der Waals surface area contributed by atoms with Gasteiger partial charge in [0.15, 0.2) is 6.10 Å². The molecule has 126 valence electrons. The summed E-state index contributed by atoms with van der Waals surface area (Å²) in [7, 11) is 0. The van der Waals surface area contributed by atoms with E-state index in [0.29, 0.717) is 11.6 Å². The minimum absolute atomic E-state index is 0.119. The molecule has 4 unspecified atom stereocenters. The van der Waals surface area contributed by atoms with E-state index in [1.165, 1.54) is 25.1 Å². The van der Waals surface area contributed by atoms with Crippen LogP contribution in [0.2, 0.25) is 0 Å². The summed E-state index contributed by atoms with van der Waals surface area (Å²) in [6, 6.07) is 5.61. The van der Waals surface area contributed by atoms with E-state index in [1.54, 1.807) is 6.07 Å². The third-order valence-corrected chi connectivity index (χ3v) is 4.57. The van der Waals surface area contributed by atoms with Crippen LogP contribution in [-0.2, 0) is 14.3 Å². The van der Waals surface area contributed by atoms with Crippen LogP contribution in [-0.4, -0.2) is 22.9 Å². The Balaban J connectivity index is 1.57. The molecule has 0 aromatic heterocycles. The molecule has 1 aromatic rings. The molecule has 2 aliphatic rings. The number of fused-ring (bicyclic) bond motifs is 2. The fraction of sp³-hybridized carbons (Fsp3) is 0.412. The summed E-state index contributed by atoms with van der Waals surface area (Å²) in [6.45, 7) is 1.49. The summed E-state index contributed by atoms with van der Waals surface area (Å²) in [6.07, 6.45) is 4.98. The highest BCUT2D eigenvalue weighted by Crippen LogP contribution is 2.44. The van der Waals surface area contributed by atoms with Gasteiger partial charge < -0.3 is 10.1 Å². The zero-order valence-electron chi connectivity index (χ0n) is 13.2. The topological polar surface area (TPSA) is 98.5 Å². The van der Waals surface area contributed by atoms with Crippen molar-refractivity contribution in [1.82, 2.24) is 0 Å². The zero-order valence-corrected chi connectivity index (χ0v) is 13.2. The van der Waals surface area contributed by atoms with Gasteiger partial charge in [0, 0.05) is 17.8 Å². The van der Waals surface area contributed by atoms with Gasteiger partial charge >= 0.3 is 5.97 Å². The van der Waals surface area contributed by atoms with Crippen LogP contribution in [0.15, 0.2) is 36.4 Å². The highest BCUT2D eigenvalue weighted by Gasteiger charge is 2.41. The molecule has 24 heavy (non-hydrogen) atoms. The summed E-state index contributed by atoms with van der Waals surface area (Å²) in [4.78, 5) is 34.6. The Morgan fingerprint density at radius 1 is 1.33 bits per heavy atom. The van der Waals surface area contributed by atoms with E-state index in [2.05, 4.69) is 11.4 Å². The van der Waals surface area contributed by atoms with Crippen molar-refractivity contribution in [2.75, 3.05) is 5.32 Å². The molecule has 1 aromatic carbocycles. The first-order valence-corrected chi connectivity index (χ1v) is 7.88. The van der Waals surface area contributed by atoms with Gasteiger partial charge in [0.05, 0.1) is 10.8 Å². The van der Waals surface area contributed by atoms with Gasteiger partial charge in [0.2, 0.25) is 0 Å². The molecule has 1 N–H and O–H groups in total. The van der Waals surface area contributed by atoms with Gasteiger partial charge in [-0.3, -0.25) is 19.7 Å². The summed E-state index contributed by atoms with van der Waals surface area (Å²) in [5, 5.41) is 13.3. The van der Waals surface area contributed by atoms with E-state index < -0.39 is 16.9 Å². The van der Waals surface area contributed by atoms with Crippen LogP contribution in [0.1, 0.15) is 19.8 Å². The second-order valence-electron chi connectivity index (χ2n) is 6.26. The predicted molar refractivity (Wildman–Crippen MR) is 86.1 cm³/mol. The standard InChI is InChI=1S/C17H18N2O5/c1-10(24-17(21)15-8-11-5-6-12(15)7-11)16(20)18-13-3-2-4-14(9-13)19(22)23/h2-6,9-12,15H,7-8H2,1H3,(H,18,20). The van der Waals surface area contributed by atoms with Crippen molar-refractivity contribution in [2.45, 2.75) is 25.9 Å². The quantitative estimate of drug-likeness (QED) is 0.387. The Morgan fingerprint density at radius 2 is 2.12 bits per heavy atom. The Hall–Kier alpha value is -2.70. The van der Waals surface area contributed by atoms with Crippen LogP contribution in [0.25, 0.3) is 0 Å². The van der Waals surface area contributed by atoms with Crippen molar-refractivity contribution in [3.8, 4) is 0 Å². The van der Waals surface area contributed by atoms with Crippen LogP contribution in [0.4, 0.5) is 11.4 Å². The number of hydrogen-bond donors (Lipinski definition) is 1. The van der Waals surface area contributed by atoms with Gasteiger partial charge in [0.25, 0.3) is 11.6 Å². The molecule has 0 aliphatic heterocycles. The fourth-order valence-corrected chi connectivity index (χ4v) is 3.31. The maximum Gasteiger partial charge on any atom is 0.310 e. The number of rotatable bonds is 5. The van der Waals surface area contributed by atoms with Crippen molar-refractivity contribution in [1.29, 1.82) is 0 Å². The molecule has 7 heteroatoms. The molecule has 0 heterocycles. The highest BCUT2D eigenvalue weighted by atomic mass is 16.6. The number of nitrogens with one attached hydrogen (secondary N) is 1. The molecule has 1 fully saturated rings. The normalized spacial score (nSPS) is 25.3. The molecule has 2 aliphatic carbocycles. The molecule has 2 bridgehead atoms. The van der Waals surface area contributed by atoms with Crippen LogP contribution in [0, 0.1) is 27.9 Å². The number of allylic oxidation sites excluding steroid dienone is 2. The maximum absolute atomic E-state index is 12.2. The SMILES string of the molecule is CC(OC(=O)C1CC2C=CC1C2)C(=O)Nc1cccc([N+](=O)[O-])c1. The molecule has 1 amide bonds. The largest absolute Gasteiger partial charge is 0.452 e. The van der Waals surface area contributed by atoms with Gasteiger partial charge in [-0.2, -0.15) is 0 Å². The number of hydrogen-bond acceptors (Lipinski definition) is 5. The lowest BCUT2D eigenvalue weighted by atomic mass is 9.94. The van der Waals surface area contributed by atoms with E-state index in [9.17, 15) is 19.7 Å². The van der Waals surface area contributed by atoms with Crippen LogP contribution < -0.4 is 5.32 Å². The number of non-ortho nitro benzene ring substituents is 1. The number of anilines is 1. The van der Waals surface area contributed by atoms with Gasteiger partial charge in [-0.15, -0.1) is 0 Å². The molecule has 3 rings (SSSR count). The maximum atomic E-state index is 12.2. The molecule has 0 saturated heterocycles. The lowest BCUT2D eigenvalue weighted by Gasteiger charge is -2.20. The minimum atomic E-state index is -0.958. The number of benzene rings is 1. The van der Waals surface area contributed by atoms with Crippen molar-refractivity contribution >= 4 is 23.3 Å². The van der Waals surface area contributed by atoms with E-state index in [-0.39, 0.29) is 23.5 Å². The molecular weight excluding hydrogens is 312 g/mol. The number of carbonyl (C=O) groups is 2. The number of amides is 1. The lowest BCUT2D eigenvalue weighted by molar-refractivity contribution is -0.384. The molecule has 0 radical (unpaired) electrons. The summed E-state index contributed by atoms with van der Waals surface area (Å²) in [5.74, 6) is -0.375.